The monoisotopic (exact) mass is 478 g/mol. The number of hydrogen-bond acceptors (Lipinski definition) is 7. The molecule has 0 bridgehead atoms. The summed E-state index contributed by atoms with van der Waals surface area (Å²) in [5, 5.41) is 5.44. The van der Waals surface area contributed by atoms with Crippen molar-refractivity contribution in [1.29, 1.82) is 0 Å². The number of nitrogens with one attached hydrogen (secondary N) is 1. The van der Waals surface area contributed by atoms with E-state index in [-0.39, 0.29) is 5.56 Å². The molecule has 3 heterocycles. The van der Waals surface area contributed by atoms with Crippen molar-refractivity contribution in [2.75, 3.05) is 11.1 Å². The molecule has 5 rings (SSSR count). The van der Waals surface area contributed by atoms with E-state index in [2.05, 4.69) is 40.2 Å². The molecule has 8 nitrogen and oxygen atoms in total. The molecule has 0 unspecified atom stereocenters. The Hall–Kier alpha value is -4.72. The maximum absolute atomic E-state index is 12.1. The quantitative estimate of drug-likeness (QED) is 0.353. The summed E-state index contributed by atoms with van der Waals surface area (Å²) in [6.45, 7) is 5.07. The molecule has 0 fully saturated rings. The highest BCUT2D eigenvalue weighted by Gasteiger charge is 2.11. The van der Waals surface area contributed by atoms with Gasteiger partial charge < -0.3 is 15.8 Å². The Morgan fingerprint density at radius 3 is 2.72 bits per heavy atom. The Balaban J connectivity index is 1.28. The third-order valence-corrected chi connectivity index (χ3v) is 6.20. The lowest BCUT2D eigenvalue weighted by Crippen LogP contribution is -2.15. The fourth-order valence-corrected chi connectivity index (χ4v) is 4.29. The number of nitrogen functional groups attached to an aromatic ring is 1. The van der Waals surface area contributed by atoms with Crippen LogP contribution in [-0.4, -0.2) is 19.5 Å². The highest BCUT2D eigenvalue weighted by atomic mass is 16.5. The van der Waals surface area contributed by atoms with Crippen LogP contribution in [0.5, 0.6) is 5.88 Å². The van der Waals surface area contributed by atoms with Crippen LogP contribution in [0.1, 0.15) is 22.3 Å². The third-order valence-electron chi connectivity index (χ3n) is 6.20. The zero-order valence-electron chi connectivity index (χ0n) is 20.1. The van der Waals surface area contributed by atoms with E-state index in [4.69, 9.17) is 10.5 Å². The number of nitrogens with zero attached hydrogens (tertiary/aromatic N) is 4. The number of fused-ring (bicyclic) bond motifs is 1. The fourth-order valence-electron chi connectivity index (χ4n) is 4.29. The predicted molar refractivity (Wildman–Crippen MR) is 141 cm³/mol. The summed E-state index contributed by atoms with van der Waals surface area (Å²) in [6, 6.07) is 18.6. The predicted octanol–water partition coefficient (Wildman–Crippen LogP) is 4.57. The molecule has 8 heteroatoms. The second kappa shape index (κ2) is 9.87. The first-order valence-corrected chi connectivity index (χ1v) is 11.6. The molecular formula is C28H26N6O2. The molecular weight excluding hydrogens is 452 g/mol. The molecule has 0 spiro atoms. The van der Waals surface area contributed by atoms with E-state index in [0.29, 0.717) is 30.7 Å². The van der Waals surface area contributed by atoms with Crippen molar-refractivity contribution in [3.63, 3.8) is 0 Å². The van der Waals surface area contributed by atoms with Crippen LogP contribution in [0.3, 0.4) is 0 Å². The van der Waals surface area contributed by atoms with Gasteiger partial charge >= 0.3 is 0 Å². The topological polar surface area (TPSA) is 108 Å². The smallest absolute Gasteiger partial charge is 0.255 e. The summed E-state index contributed by atoms with van der Waals surface area (Å²) in [5.74, 6) is 1.66. The maximum atomic E-state index is 12.1. The van der Waals surface area contributed by atoms with E-state index in [1.165, 1.54) is 18.0 Å². The molecule has 5 aromatic rings. The Bertz CT molecular complexity index is 1610. The second-order valence-electron chi connectivity index (χ2n) is 8.55. The van der Waals surface area contributed by atoms with E-state index in [9.17, 15) is 4.79 Å². The van der Waals surface area contributed by atoms with Crippen molar-refractivity contribution in [3.05, 3.63) is 112 Å². The molecule has 3 N–H and O–H groups in total. The van der Waals surface area contributed by atoms with Crippen LogP contribution in [-0.2, 0) is 13.2 Å². The fraction of sp³-hybridized carbons (Fsp3) is 0.143. The number of aryl methyl sites for hydroxylation is 2. The van der Waals surface area contributed by atoms with Crippen LogP contribution >= 0.6 is 0 Å². The first-order valence-electron chi connectivity index (χ1n) is 11.6. The van der Waals surface area contributed by atoms with Crippen molar-refractivity contribution >= 4 is 22.4 Å². The van der Waals surface area contributed by atoms with Crippen molar-refractivity contribution in [3.8, 4) is 11.6 Å². The van der Waals surface area contributed by atoms with Gasteiger partial charge in [-0.05, 0) is 71.8 Å². The summed E-state index contributed by atoms with van der Waals surface area (Å²) >= 11 is 0. The lowest BCUT2D eigenvalue weighted by molar-refractivity contribution is 0.293. The SMILES string of the molecule is Cc1cc2c(N)nccc2c(C)c1CNc1cc(OCc2cccc(-n3ccccc3=O)c2)ncn1. The standard InChI is InChI=1S/C28H26N6O2/c1-18-12-23-22(9-10-30-28(23)29)19(2)24(18)15-31-25-14-26(33-17-32-25)36-16-20-6-5-7-21(13-20)34-11-4-3-8-27(34)35/h3-14,17H,15-16H2,1-2H3,(H2,29,30)(H,31,32,33). The van der Waals surface area contributed by atoms with Crippen LogP contribution in [0, 0.1) is 13.8 Å². The molecule has 0 aliphatic carbocycles. The number of pyridine rings is 2. The molecule has 0 aliphatic heterocycles. The average molecular weight is 479 g/mol. The summed E-state index contributed by atoms with van der Waals surface area (Å²) in [7, 11) is 0. The van der Waals surface area contributed by atoms with E-state index >= 15 is 0 Å². The van der Waals surface area contributed by atoms with E-state index in [0.717, 1.165) is 33.2 Å². The highest BCUT2D eigenvalue weighted by molar-refractivity contribution is 5.94. The number of rotatable bonds is 7. The van der Waals surface area contributed by atoms with Crippen LogP contribution in [0.25, 0.3) is 16.5 Å². The van der Waals surface area contributed by atoms with Crippen molar-refractivity contribution in [2.24, 2.45) is 0 Å². The Morgan fingerprint density at radius 1 is 0.972 bits per heavy atom. The molecule has 3 aromatic heterocycles. The Kier molecular flexibility index (Phi) is 6.32. The molecule has 0 atom stereocenters. The van der Waals surface area contributed by atoms with Gasteiger partial charge in [-0.25, -0.2) is 15.0 Å². The molecule has 36 heavy (non-hydrogen) atoms. The van der Waals surface area contributed by atoms with Gasteiger partial charge in [0, 0.05) is 42.1 Å². The van der Waals surface area contributed by atoms with Gasteiger partial charge in [-0.1, -0.05) is 18.2 Å². The number of ether oxygens (including phenoxy) is 1. The zero-order valence-corrected chi connectivity index (χ0v) is 20.1. The minimum Gasteiger partial charge on any atom is -0.473 e. The number of benzene rings is 2. The number of anilines is 2. The Labute approximate surface area is 208 Å². The summed E-state index contributed by atoms with van der Waals surface area (Å²) in [6.07, 6.45) is 4.96. The van der Waals surface area contributed by atoms with Gasteiger partial charge in [-0.3, -0.25) is 9.36 Å². The van der Waals surface area contributed by atoms with Crippen LogP contribution < -0.4 is 21.3 Å². The molecule has 0 aliphatic rings. The van der Waals surface area contributed by atoms with Gasteiger partial charge in [0.25, 0.3) is 5.56 Å². The normalized spacial score (nSPS) is 10.9. The molecule has 0 amide bonds. The minimum absolute atomic E-state index is 0.0842. The second-order valence-corrected chi connectivity index (χ2v) is 8.55. The lowest BCUT2D eigenvalue weighted by atomic mass is 9.96. The Morgan fingerprint density at radius 2 is 1.86 bits per heavy atom. The van der Waals surface area contributed by atoms with Crippen molar-refractivity contribution in [1.82, 2.24) is 19.5 Å². The van der Waals surface area contributed by atoms with Gasteiger partial charge in [0.2, 0.25) is 5.88 Å². The molecule has 0 saturated heterocycles. The largest absolute Gasteiger partial charge is 0.473 e. The van der Waals surface area contributed by atoms with Gasteiger partial charge in [0.1, 0.15) is 24.6 Å². The van der Waals surface area contributed by atoms with Gasteiger partial charge in [-0.15, -0.1) is 0 Å². The number of nitrogens with two attached hydrogens (primary N) is 1. The van der Waals surface area contributed by atoms with Gasteiger partial charge in [0.05, 0.1) is 0 Å². The van der Waals surface area contributed by atoms with E-state index in [1.807, 2.05) is 36.4 Å². The minimum atomic E-state index is -0.0842. The van der Waals surface area contributed by atoms with E-state index < -0.39 is 0 Å². The summed E-state index contributed by atoms with van der Waals surface area (Å²) in [5.41, 5.74) is 11.2. The van der Waals surface area contributed by atoms with Crippen molar-refractivity contribution in [2.45, 2.75) is 27.0 Å². The summed E-state index contributed by atoms with van der Waals surface area (Å²) < 4.78 is 7.52. The summed E-state index contributed by atoms with van der Waals surface area (Å²) in [4.78, 5) is 24.9. The first-order chi connectivity index (χ1) is 17.5. The molecule has 0 saturated carbocycles. The van der Waals surface area contributed by atoms with Gasteiger partial charge in [-0.2, -0.15) is 0 Å². The van der Waals surface area contributed by atoms with Crippen LogP contribution in [0.4, 0.5) is 11.6 Å². The zero-order chi connectivity index (χ0) is 25.1. The number of aromatic nitrogens is 4. The lowest BCUT2D eigenvalue weighted by Gasteiger charge is -2.15. The third kappa shape index (κ3) is 4.74. The first kappa shape index (κ1) is 23.0. The average Bonchev–Trinajstić information content (AvgIpc) is 2.89. The van der Waals surface area contributed by atoms with Gasteiger partial charge in [0.15, 0.2) is 0 Å². The maximum Gasteiger partial charge on any atom is 0.255 e. The number of hydrogen-bond donors (Lipinski definition) is 2. The molecule has 0 radical (unpaired) electrons. The highest BCUT2D eigenvalue weighted by Crippen LogP contribution is 2.28. The molecule has 2 aromatic carbocycles. The molecule has 180 valence electrons. The van der Waals surface area contributed by atoms with Crippen molar-refractivity contribution < 1.29 is 4.74 Å². The van der Waals surface area contributed by atoms with Crippen LogP contribution in [0.2, 0.25) is 0 Å². The van der Waals surface area contributed by atoms with E-state index in [1.54, 1.807) is 29.1 Å². The van der Waals surface area contributed by atoms with Crippen LogP contribution in [0.15, 0.2) is 84.2 Å².